The number of nitrogens with zero attached hydrogens (tertiary/aromatic N) is 2. The van der Waals surface area contributed by atoms with Gasteiger partial charge in [0, 0.05) is 17.8 Å². The maximum absolute atomic E-state index is 10.9. The lowest BCUT2D eigenvalue weighted by atomic mass is 10.1. The molecule has 2 aromatic heterocycles. The highest BCUT2D eigenvalue weighted by molar-refractivity contribution is 7.09. The Kier molecular flexibility index (Phi) is 2.89. The molecule has 18 heavy (non-hydrogen) atoms. The molecule has 0 saturated heterocycles. The van der Waals surface area contributed by atoms with Crippen LogP contribution in [0.4, 0.5) is 0 Å². The van der Waals surface area contributed by atoms with E-state index in [9.17, 15) is 4.79 Å². The van der Waals surface area contributed by atoms with E-state index < -0.39 is 12.0 Å². The van der Waals surface area contributed by atoms with Crippen molar-refractivity contribution in [3.8, 4) is 0 Å². The van der Waals surface area contributed by atoms with E-state index in [1.165, 1.54) is 4.88 Å². The zero-order valence-electron chi connectivity index (χ0n) is 9.67. The maximum Gasteiger partial charge on any atom is 0.321 e. The first kappa shape index (κ1) is 11.4. The normalized spacial score (nSPS) is 18.6. The fourth-order valence-electron chi connectivity index (χ4n) is 2.19. The number of fused-ring (bicyclic) bond motifs is 1. The molecule has 0 fully saturated rings. The van der Waals surface area contributed by atoms with Crippen LogP contribution in [0.15, 0.2) is 23.8 Å². The zero-order valence-corrected chi connectivity index (χ0v) is 10.5. The predicted octanol–water partition coefficient (Wildman–Crippen LogP) is 1.09. The summed E-state index contributed by atoms with van der Waals surface area (Å²) in [6.07, 6.45) is 2.26. The number of hydrogen-bond acceptors (Lipinski definition) is 4. The van der Waals surface area contributed by atoms with Gasteiger partial charge < -0.3 is 9.67 Å². The van der Waals surface area contributed by atoms with E-state index in [0.717, 1.165) is 17.9 Å². The van der Waals surface area contributed by atoms with Gasteiger partial charge in [0.2, 0.25) is 0 Å². The van der Waals surface area contributed by atoms with Crippen LogP contribution < -0.4 is 5.32 Å². The molecule has 1 aliphatic rings. The highest BCUT2D eigenvalue weighted by atomic mass is 32.1. The highest BCUT2D eigenvalue weighted by Crippen LogP contribution is 2.18. The van der Waals surface area contributed by atoms with Crippen molar-refractivity contribution in [2.24, 2.45) is 0 Å². The number of imidazole rings is 1. The topological polar surface area (TPSA) is 67.1 Å². The molecule has 0 aromatic carbocycles. The molecule has 1 atom stereocenters. The largest absolute Gasteiger partial charge is 0.480 e. The molecule has 0 radical (unpaired) electrons. The molecular weight excluding hydrogens is 250 g/mol. The lowest BCUT2D eigenvalue weighted by Crippen LogP contribution is -2.42. The molecule has 5 nitrogen and oxygen atoms in total. The van der Waals surface area contributed by atoms with Crippen molar-refractivity contribution in [1.82, 2.24) is 14.9 Å². The Morgan fingerprint density at radius 2 is 2.56 bits per heavy atom. The second-order valence-electron chi connectivity index (χ2n) is 4.32. The van der Waals surface area contributed by atoms with Crippen molar-refractivity contribution in [1.29, 1.82) is 0 Å². The van der Waals surface area contributed by atoms with Crippen LogP contribution in [0.2, 0.25) is 0 Å². The summed E-state index contributed by atoms with van der Waals surface area (Å²) >= 11 is 1.71. The Hall–Kier alpha value is -1.66. The minimum absolute atomic E-state index is 0.460. The van der Waals surface area contributed by atoms with Gasteiger partial charge in [-0.1, -0.05) is 6.07 Å². The van der Waals surface area contributed by atoms with Gasteiger partial charge in [0.05, 0.1) is 24.3 Å². The summed E-state index contributed by atoms with van der Waals surface area (Å²) in [4.78, 5) is 16.5. The molecule has 0 bridgehead atoms. The summed E-state index contributed by atoms with van der Waals surface area (Å²) in [5.74, 6) is -0.812. The molecule has 94 valence electrons. The lowest BCUT2D eigenvalue weighted by molar-refractivity contribution is -0.139. The monoisotopic (exact) mass is 263 g/mol. The third-order valence-corrected chi connectivity index (χ3v) is 4.01. The molecule has 3 rings (SSSR count). The summed E-state index contributed by atoms with van der Waals surface area (Å²) < 4.78 is 2.09. The molecule has 2 aromatic rings. The van der Waals surface area contributed by atoms with Crippen LogP contribution in [-0.4, -0.2) is 26.7 Å². The van der Waals surface area contributed by atoms with E-state index >= 15 is 0 Å². The van der Waals surface area contributed by atoms with Gasteiger partial charge in [-0.25, -0.2) is 4.98 Å². The summed E-state index contributed by atoms with van der Waals surface area (Å²) in [6.45, 7) is 1.37. The standard InChI is InChI=1S/C12H13N3O2S/c16-12(17)10-4-9-11(5-13-10)15(7-14-9)6-8-2-1-3-18-8/h1-3,7,10,13H,4-6H2,(H,16,17). The molecule has 6 heteroatoms. The molecule has 1 aliphatic heterocycles. The van der Waals surface area contributed by atoms with Gasteiger partial charge in [-0.3, -0.25) is 10.1 Å². The van der Waals surface area contributed by atoms with Crippen molar-refractivity contribution in [3.05, 3.63) is 40.1 Å². The molecule has 2 N–H and O–H groups in total. The van der Waals surface area contributed by atoms with Crippen LogP contribution >= 0.6 is 11.3 Å². The molecule has 0 amide bonds. The van der Waals surface area contributed by atoms with E-state index in [1.54, 1.807) is 17.7 Å². The van der Waals surface area contributed by atoms with E-state index in [0.29, 0.717) is 13.0 Å². The van der Waals surface area contributed by atoms with Crippen LogP contribution in [0.3, 0.4) is 0 Å². The Bertz CT molecular complexity index is 562. The van der Waals surface area contributed by atoms with Crippen molar-refractivity contribution in [3.63, 3.8) is 0 Å². The molecular formula is C12H13N3O2S. The van der Waals surface area contributed by atoms with Crippen LogP contribution in [0.5, 0.6) is 0 Å². The quantitative estimate of drug-likeness (QED) is 0.870. The van der Waals surface area contributed by atoms with Crippen molar-refractivity contribution < 1.29 is 9.90 Å². The van der Waals surface area contributed by atoms with Gasteiger partial charge >= 0.3 is 5.97 Å². The van der Waals surface area contributed by atoms with Crippen molar-refractivity contribution >= 4 is 17.3 Å². The summed E-state index contributed by atoms with van der Waals surface area (Å²) in [6, 6.07) is 3.61. The number of carboxylic acid groups (broad SMARTS) is 1. The van der Waals surface area contributed by atoms with Gasteiger partial charge in [0.1, 0.15) is 6.04 Å². The molecule has 1 unspecified atom stereocenters. The summed E-state index contributed by atoms with van der Waals surface area (Å²) in [5.41, 5.74) is 2.00. The Morgan fingerprint density at radius 1 is 1.67 bits per heavy atom. The average Bonchev–Trinajstić information content (AvgIpc) is 2.99. The van der Waals surface area contributed by atoms with E-state index in [4.69, 9.17) is 5.11 Å². The number of nitrogens with one attached hydrogen (secondary N) is 1. The van der Waals surface area contributed by atoms with Crippen LogP contribution in [0, 0.1) is 0 Å². The number of rotatable bonds is 3. The number of hydrogen-bond donors (Lipinski definition) is 2. The molecule has 0 spiro atoms. The fourth-order valence-corrected chi connectivity index (χ4v) is 2.89. The van der Waals surface area contributed by atoms with Crippen LogP contribution in [0.1, 0.15) is 16.3 Å². The smallest absolute Gasteiger partial charge is 0.321 e. The first-order valence-electron chi connectivity index (χ1n) is 5.75. The number of aliphatic carboxylic acids is 1. The SMILES string of the molecule is O=C(O)C1Cc2ncn(Cc3cccs3)c2CN1. The van der Waals surface area contributed by atoms with Crippen LogP contribution in [0.25, 0.3) is 0 Å². The minimum Gasteiger partial charge on any atom is -0.480 e. The Morgan fingerprint density at radius 3 is 3.28 bits per heavy atom. The van der Waals surface area contributed by atoms with Crippen molar-refractivity contribution in [2.45, 2.75) is 25.6 Å². The summed E-state index contributed by atoms with van der Waals surface area (Å²) in [5, 5.41) is 14.1. The number of carboxylic acids is 1. The van der Waals surface area contributed by atoms with Gasteiger partial charge in [-0.05, 0) is 11.4 Å². The Balaban J connectivity index is 1.82. The third-order valence-electron chi connectivity index (χ3n) is 3.15. The molecule has 3 heterocycles. The lowest BCUT2D eigenvalue weighted by Gasteiger charge is -2.21. The second kappa shape index (κ2) is 4.55. The van der Waals surface area contributed by atoms with E-state index in [-0.39, 0.29) is 0 Å². The Labute approximate surface area is 108 Å². The highest BCUT2D eigenvalue weighted by Gasteiger charge is 2.26. The van der Waals surface area contributed by atoms with Crippen LogP contribution in [-0.2, 0) is 24.3 Å². The van der Waals surface area contributed by atoms with Gasteiger partial charge in [0.15, 0.2) is 0 Å². The first-order chi connectivity index (χ1) is 8.74. The molecule has 0 saturated carbocycles. The predicted molar refractivity (Wildman–Crippen MR) is 67.6 cm³/mol. The van der Waals surface area contributed by atoms with E-state index in [2.05, 4.69) is 26.3 Å². The first-order valence-corrected chi connectivity index (χ1v) is 6.63. The third kappa shape index (κ3) is 2.04. The van der Waals surface area contributed by atoms with Gasteiger partial charge in [-0.15, -0.1) is 11.3 Å². The van der Waals surface area contributed by atoms with Crippen molar-refractivity contribution in [2.75, 3.05) is 0 Å². The molecule has 0 aliphatic carbocycles. The van der Waals surface area contributed by atoms with Gasteiger partial charge in [0.25, 0.3) is 0 Å². The van der Waals surface area contributed by atoms with Gasteiger partial charge in [-0.2, -0.15) is 0 Å². The minimum atomic E-state index is -0.812. The zero-order chi connectivity index (χ0) is 12.5. The number of aromatic nitrogens is 2. The average molecular weight is 263 g/mol. The number of carbonyl (C=O) groups is 1. The number of thiophene rings is 1. The van der Waals surface area contributed by atoms with E-state index in [1.807, 2.05) is 6.07 Å². The summed E-state index contributed by atoms with van der Waals surface area (Å²) in [7, 11) is 0. The second-order valence-corrected chi connectivity index (χ2v) is 5.35. The fraction of sp³-hybridized carbons (Fsp3) is 0.333. The maximum atomic E-state index is 10.9.